The van der Waals surface area contributed by atoms with Crippen LogP contribution < -0.4 is 0 Å². The van der Waals surface area contributed by atoms with Gasteiger partial charge in [0.1, 0.15) is 13.2 Å². The smallest absolute Gasteiger partial charge is 0.306 e. The summed E-state index contributed by atoms with van der Waals surface area (Å²) in [5, 5.41) is 0. The van der Waals surface area contributed by atoms with Crippen molar-refractivity contribution in [2.24, 2.45) is 0 Å². The van der Waals surface area contributed by atoms with Crippen LogP contribution in [0.25, 0.3) is 0 Å². The summed E-state index contributed by atoms with van der Waals surface area (Å²) < 4.78 is 16.8. The fourth-order valence-corrected chi connectivity index (χ4v) is 7.70. The number of esters is 3. The van der Waals surface area contributed by atoms with Gasteiger partial charge in [0.2, 0.25) is 0 Å². The molecule has 0 saturated carbocycles. The van der Waals surface area contributed by atoms with Crippen molar-refractivity contribution in [2.75, 3.05) is 13.2 Å². The summed E-state index contributed by atoms with van der Waals surface area (Å²) in [5.41, 5.74) is 0. The number of ether oxygens (including phenoxy) is 3. The first-order valence-electron chi connectivity index (χ1n) is 28.1. The number of allylic oxidation sites excluding steroid dienone is 14. The molecule has 0 N–H and O–H groups in total. The molecular formula is C61H104O6. The predicted molar refractivity (Wildman–Crippen MR) is 288 cm³/mol. The van der Waals surface area contributed by atoms with E-state index in [4.69, 9.17) is 14.2 Å². The second-order valence-corrected chi connectivity index (χ2v) is 18.5. The number of hydrogen-bond acceptors (Lipinski definition) is 6. The number of rotatable bonds is 50. The van der Waals surface area contributed by atoms with Crippen molar-refractivity contribution in [3.63, 3.8) is 0 Å². The molecule has 0 aliphatic rings. The van der Waals surface area contributed by atoms with E-state index >= 15 is 0 Å². The summed E-state index contributed by atoms with van der Waals surface area (Å²) in [5.74, 6) is -0.993. The zero-order valence-electron chi connectivity index (χ0n) is 43.9. The third-order valence-corrected chi connectivity index (χ3v) is 11.9. The molecule has 0 rings (SSSR count). The van der Waals surface area contributed by atoms with Crippen molar-refractivity contribution >= 4 is 17.9 Å². The second-order valence-electron chi connectivity index (χ2n) is 18.5. The second kappa shape index (κ2) is 55.2. The number of unbranched alkanes of at least 4 members (excludes halogenated alkanes) is 25. The molecule has 0 bridgehead atoms. The molecule has 67 heavy (non-hydrogen) atoms. The van der Waals surface area contributed by atoms with Gasteiger partial charge in [-0.3, -0.25) is 14.4 Å². The molecule has 6 nitrogen and oxygen atoms in total. The fraction of sp³-hybridized carbons (Fsp3) is 0.721. The van der Waals surface area contributed by atoms with Gasteiger partial charge in [0, 0.05) is 19.3 Å². The first kappa shape index (κ1) is 63.6. The van der Waals surface area contributed by atoms with Gasteiger partial charge in [-0.2, -0.15) is 0 Å². The van der Waals surface area contributed by atoms with E-state index in [1.54, 1.807) is 0 Å². The van der Waals surface area contributed by atoms with Gasteiger partial charge >= 0.3 is 17.9 Å². The quantitative estimate of drug-likeness (QED) is 0.0262. The highest BCUT2D eigenvalue weighted by atomic mass is 16.6. The lowest BCUT2D eigenvalue weighted by Crippen LogP contribution is -2.30. The Hall–Kier alpha value is -3.41. The number of carbonyl (C=O) groups is 3. The van der Waals surface area contributed by atoms with Gasteiger partial charge in [0.25, 0.3) is 0 Å². The largest absolute Gasteiger partial charge is 0.462 e. The van der Waals surface area contributed by atoms with Gasteiger partial charge in [0.05, 0.1) is 0 Å². The summed E-state index contributed by atoms with van der Waals surface area (Å²) in [6.45, 7) is 6.45. The average molecular weight is 933 g/mol. The standard InChI is InChI=1S/C61H104O6/c1-4-7-10-13-16-19-22-25-28-31-34-36-39-42-45-48-51-54-60(63)66-57-58(67-61(64)55-52-49-46-43-40-37-33-30-27-24-21-18-15-12-9-6-3)56-65-59(62)53-50-47-44-41-38-35-32-29-26-23-20-17-14-11-8-5-2/h9,12,16,18-19,21,25,27-28,30,37,40,46,49,58H,4-8,10-11,13-15,17,20,22-24,26,29,31-36,38-39,41-45,47-48,50-57H2,1-3H3/b12-9-,19-16-,21-18-,28-25-,30-27-,40-37-,49-46-. The first-order valence-corrected chi connectivity index (χ1v) is 28.1. The Morgan fingerprint density at radius 3 is 1.00 bits per heavy atom. The van der Waals surface area contributed by atoms with Crippen molar-refractivity contribution in [3.05, 3.63) is 85.1 Å². The molecule has 0 aromatic carbocycles. The molecule has 0 spiro atoms. The molecule has 0 aliphatic heterocycles. The van der Waals surface area contributed by atoms with Gasteiger partial charge in [-0.15, -0.1) is 0 Å². The lowest BCUT2D eigenvalue weighted by Gasteiger charge is -2.18. The van der Waals surface area contributed by atoms with E-state index in [1.165, 1.54) is 135 Å². The molecule has 1 atom stereocenters. The van der Waals surface area contributed by atoms with Gasteiger partial charge in [-0.25, -0.2) is 0 Å². The average Bonchev–Trinajstić information content (AvgIpc) is 3.33. The summed E-state index contributed by atoms with van der Waals surface area (Å²) in [6, 6.07) is 0. The fourth-order valence-electron chi connectivity index (χ4n) is 7.70. The van der Waals surface area contributed by atoms with Gasteiger partial charge in [0.15, 0.2) is 6.10 Å². The molecule has 0 fully saturated rings. The van der Waals surface area contributed by atoms with Crippen LogP contribution >= 0.6 is 0 Å². The molecule has 6 heteroatoms. The monoisotopic (exact) mass is 933 g/mol. The molecule has 1 unspecified atom stereocenters. The third kappa shape index (κ3) is 53.4. The van der Waals surface area contributed by atoms with E-state index < -0.39 is 12.1 Å². The Morgan fingerprint density at radius 2 is 0.612 bits per heavy atom. The topological polar surface area (TPSA) is 78.9 Å². The van der Waals surface area contributed by atoms with Crippen molar-refractivity contribution in [1.29, 1.82) is 0 Å². The molecule has 0 aromatic rings. The highest BCUT2D eigenvalue weighted by Gasteiger charge is 2.19. The van der Waals surface area contributed by atoms with Crippen LogP contribution in [0.4, 0.5) is 0 Å². The van der Waals surface area contributed by atoms with Crippen molar-refractivity contribution in [1.82, 2.24) is 0 Å². The third-order valence-electron chi connectivity index (χ3n) is 11.9. The van der Waals surface area contributed by atoms with E-state index in [9.17, 15) is 14.4 Å². The SMILES string of the molecule is CC/C=C\C/C=C\C/C=C\C/C=C\C/C=C\CCC(=O)OC(COC(=O)CCCCCCCCC/C=C\C/C=C\CCCCC)COC(=O)CCCCCCCCCCCCCCCCCC. The minimum atomic E-state index is -0.818. The van der Waals surface area contributed by atoms with E-state index in [0.29, 0.717) is 19.3 Å². The van der Waals surface area contributed by atoms with Crippen LogP contribution in [0.3, 0.4) is 0 Å². The summed E-state index contributed by atoms with van der Waals surface area (Å²) >= 11 is 0. The zero-order valence-corrected chi connectivity index (χ0v) is 43.9. The summed E-state index contributed by atoms with van der Waals surface area (Å²) in [7, 11) is 0. The predicted octanol–water partition coefficient (Wildman–Crippen LogP) is 18.8. The minimum absolute atomic E-state index is 0.107. The van der Waals surface area contributed by atoms with Crippen molar-refractivity contribution < 1.29 is 28.6 Å². The maximum Gasteiger partial charge on any atom is 0.306 e. The Morgan fingerprint density at radius 1 is 0.313 bits per heavy atom. The summed E-state index contributed by atoms with van der Waals surface area (Å²) in [6.07, 6.45) is 71.5. The molecule has 0 aliphatic carbocycles. The Kier molecular flexibility index (Phi) is 52.4. The number of carbonyl (C=O) groups excluding carboxylic acids is 3. The molecule has 0 aromatic heterocycles. The highest BCUT2D eigenvalue weighted by molar-refractivity contribution is 5.71. The Bertz CT molecular complexity index is 1300. The van der Waals surface area contributed by atoms with Crippen LogP contribution in [0.2, 0.25) is 0 Å². The van der Waals surface area contributed by atoms with Crippen molar-refractivity contribution in [2.45, 2.75) is 271 Å². The van der Waals surface area contributed by atoms with Gasteiger partial charge in [-0.1, -0.05) is 247 Å². The van der Waals surface area contributed by atoms with E-state index in [-0.39, 0.29) is 31.6 Å². The van der Waals surface area contributed by atoms with E-state index in [1.807, 2.05) is 6.08 Å². The van der Waals surface area contributed by atoms with Crippen molar-refractivity contribution in [3.8, 4) is 0 Å². The minimum Gasteiger partial charge on any atom is -0.462 e. The highest BCUT2D eigenvalue weighted by Crippen LogP contribution is 2.15. The molecule has 0 amide bonds. The number of hydrogen-bond donors (Lipinski definition) is 0. The first-order chi connectivity index (χ1) is 33.0. The van der Waals surface area contributed by atoms with Gasteiger partial charge < -0.3 is 14.2 Å². The molecular weight excluding hydrogens is 829 g/mol. The normalized spacial score (nSPS) is 12.7. The van der Waals surface area contributed by atoms with Crippen LogP contribution in [0, 0.1) is 0 Å². The maximum absolute atomic E-state index is 12.8. The van der Waals surface area contributed by atoms with Crippen LogP contribution in [0.1, 0.15) is 265 Å². The Balaban J connectivity index is 4.48. The van der Waals surface area contributed by atoms with E-state index in [2.05, 4.69) is 99.8 Å². The molecule has 0 heterocycles. The molecule has 0 saturated heterocycles. The zero-order chi connectivity index (χ0) is 48.6. The molecule has 0 radical (unpaired) electrons. The Labute approximate surface area is 414 Å². The summed E-state index contributed by atoms with van der Waals surface area (Å²) in [4.78, 5) is 38.1. The van der Waals surface area contributed by atoms with Crippen LogP contribution in [-0.4, -0.2) is 37.2 Å². The lowest BCUT2D eigenvalue weighted by atomic mass is 10.0. The van der Waals surface area contributed by atoms with Crippen LogP contribution in [0.15, 0.2) is 85.1 Å². The van der Waals surface area contributed by atoms with Gasteiger partial charge in [-0.05, 0) is 83.5 Å². The molecule has 384 valence electrons. The lowest BCUT2D eigenvalue weighted by molar-refractivity contribution is -0.166. The van der Waals surface area contributed by atoms with Crippen LogP contribution in [-0.2, 0) is 28.6 Å². The maximum atomic E-state index is 12.8. The van der Waals surface area contributed by atoms with Crippen LogP contribution in [0.5, 0.6) is 0 Å². The van der Waals surface area contributed by atoms with E-state index in [0.717, 1.165) is 83.5 Å².